The molecule has 0 saturated carbocycles. The van der Waals surface area contributed by atoms with E-state index >= 15 is 0 Å². The molecule has 2 aromatic heterocycles. The molecule has 0 fully saturated rings. The van der Waals surface area contributed by atoms with Crippen LogP contribution in [-0.4, -0.2) is 64.2 Å². The summed E-state index contributed by atoms with van der Waals surface area (Å²) in [6, 6.07) is 8.37. The molecule has 3 rings (SSSR count). The number of methoxy groups -OCH3 is 2. The number of ether oxygens (including phenoxy) is 2. The third-order valence-electron chi connectivity index (χ3n) is 4.56. The van der Waals surface area contributed by atoms with Gasteiger partial charge in [-0.15, -0.1) is 10.2 Å². The number of carbonyl (C=O) groups is 1. The van der Waals surface area contributed by atoms with Crippen LogP contribution < -0.4 is 4.74 Å². The largest absolute Gasteiger partial charge is 0.494 e. The van der Waals surface area contributed by atoms with Crippen LogP contribution in [0.25, 0.3) is 11.4 Å². The normalized spacial score (nSPS) is 10.8. The third-order valence-corrected chi connectivity index (χ3v) is 5.51. The SMILES string of the molecule is COCCn1c(SCC(=O)N(C)Cc2ccc(OC)c(F)c2)nnc1-c1ccncc1. The molecule has 3 aromatic rings. The molecule has 2 heterocycles. The molecule has 0 aliphatic heterocycles. The highest BCUT2D eigenvalue weighted by atomic mass is 32.2. The van der Waals surface area contributed by atoms with Crippen LogP contribution in [0.4, 0.5) is 4.39 Å². The monoisotopic (exact) mass is 445 g/mol. The first kappa shape index (κ1) is 22.7. The highest BCUT2D eigenvalue weighted by Crippen LogP contribution is 2.24. The minimum atomic E-state index is -0.454. The molecule has 1 amide bonds. The van der Waals surface area contributed by atoms with Crippen molar-refractivity contribution in [2.24, 2.45) is 0 Å². The quantitative estimate of drug-likeness (QED) is 0.444. The van der Waals surface area contributed by atoms with Crippen molar-refractivity contribution in [3.63, 3.8) is 0 Å². The van der Waals surface area contributed by atoms with E-state index in [4.69, 9.17) is 9.47 Å². The first-order valence-corrected chi connectivity index (χ1v) is 10.5. The number of amides is 1. The Balaban J connectivity index is 1.66. The van der Waals surface area contributed by atoms with Gasteiger partial charge >= 0.3 is 0 Å². The molecule has 1 aromatic carbocycles. The fraction of sp³-hybridized carbons (Fsp3) is 0.333. The van der Waals surface area contributed by atoms with Gasteiger partial charge in [-0.25, -0.2) is 4.39 Å². The van der Waals surface area contributed by atoms with Crippen molar-refractivity contribution in [3.8, 4) is 17.1 Å². The minimum absolute atomic E-state index is 0.104. The highest BCUT2D eigenvalue weighted by Gasteiger charge is 2.17. The van der Waals surface area contributed by atoms with Gasteiger partial charge in [0.25, 0.3) is 0 Å². The van der Waals surface area contributed by atoms with Crippen LogP contribution in [0, 0.1) is 5.82 Å². The average Bonchev–Trinajstić information content (AvgIpc) is 3.19. The predicted octanol–water partition coefficient (Wildman–Crippen LogP) is 2.88. The zero-order chi connectivity index (χ0) is 22.2. The van der Waals surface area contributed by atoms with Gasteiger partial charge in [-0.1, -0.05) is 17.8 Å². The lowest BCUT2D eigenvalue weighted by Gasteiger charge is -2.17. The molecule has 0 saturated heterocycles. The van der Waals surface area contributed by atoms with Gasteiger partial charge in [-0.3, -0.25) is 14.3 Å². The summed E-state index contributed by atoms with van der Waals surface area (Å²) in [5.74, 6) is 0.486. The average molecular weight is 446 g/mol. The molecule has 0 unspecified atom stereocenters. The van der Waals surface area contributed by atoms with Crippen LogP contribution in [0.2, 0.25) is 0 Å². The second kappa shape index (κ2) is 10.9. The van der Waals surface area contributed by atoms with Crippen LogP contribution in [0.5, 0.6) is 5.75 Å². The van der Waals surface area contributed by atoms with Gasteiger partial charge < -0.3 is 14.4 Å². The van der Waals surface area contributed by atoms with E-state index in [-0.39, 0.29) is 17.4 Å². The molecule has 0 aliphatic rings. The van der Waals surface area contributed by atoms with E-state index in [2.05, 4.69) is 15.2 Å². The molecule has 0 aliphatic carbocycles. The summed E-state index contributed by atoms with van der Waals surface area (Å²) in [7, 11) is 4.73. The maximum atomic E-state index is 13.9. The molecule has 0 bridgehead atoms. The number of hydrogen-bond donors (Lipinski definition) is 0. The molecule has 0 N–H and O–H groups in total. The molecule has 0 radical (unpaired) electrons. The van der Waals surface area contributed by atoms with Crippen molar-refractivity contribution >= 4 is 17.7 Å². The maximum absolute atomic E-state index is 13.9. The molecular weight excluding hydrogens is 421 g/mol. The van der Waals surface area contributed by atoms with Crippen molar-refractivity contribution < 1.29 is 18.7 Å². The third kappa shape index (κ3) is 5.80. The van der Waals surface area contributed by atoms with Gasteiger partial charge in [0.15, 0.2) is 22.5 Å². The number of nitrogens with zero attached hydrogens (tertiary/aromatic N) is 5. The Morgan fingerprint density at radius 2 is 1.97 bits per heavy atom. The van der Waals surface area contributed by atoms with Crippen LogP contribution in [0.3, 0.4) is 0 Å². The number of halogens is 1. The van der Waals surface area contributed by atoms with Crippen LogP contribution >= 0.6 is 11.8 Å². The van der Waals surface area contributed by atoms with Crippen molar-refractivity contribution in [1.82, 2.24) is 24.6 Å². The Hall–Kier alpha value is -2.98. The maximum Gasteiger partial charge on any atom is 0.233 e. The van der Waals surface area contributed by atoms with Gasteiger partial charge in [0.05, 0.1) is 26.0 Å². The number of rotatable bonds is 10. The smallest absolute Gasteiger partial charge is 0.233 e. The van der Waals surface area contributed by atoms with E-state index < -0.39 is 5.82 Å². The second-order valence-electron chi connectivity index (χ2n) is 6.69. The number of pyridine rings is 1. The lowest BCUT2D eigenvalue weighted by atomic mass is 10.2. The molecule has 0 spiro atoms. The van der Waals surface area contributed by atoms with Gasteiger partial charge in [0.2, 0.25) is 5.91 Å². The molecular formula is C21H24FN5O3S. The molecule has 10 heteroatoms. The summed E-state index contributed by atoms with van der Waals surface area (Å²) in [6.45, 7) is 1.33. The van der Waals surface area contributed by atoms with Gasteiger partial charge in [0, 0.05) is 38.7 Å². The van der Waals surface area contributed by atoms with Crippen LogP contribution in [0.15, 0.2) is 47.9 Å². The highest BCUT2D eigenvalue weighted by molar-refractivity contribution is 7.99. The zero-order valence-electron chi connectivity index (χ0n) is 17.6. The van der Waals surface area contributed by atoms with Gasteiger partial charge in [-0.2, -0.15) is 0 Å². The fourth-order valence-corrected chi connectivity index (χ4v) is 3.81. The summed E-state index contributed by atoms with van der Waals surface area (Å²) in [5.41, 5.74) is 1.57. The molecule has 31 heavy (non-hydrogen) atoms. The Bertz CT molecular complexity index is 1020. The number of aromatic nitrogens is 4. The minimum Gasteiger partial charge on any atom is -0.494 e. The first-order valence-electron chi connectivity index (χ1n) is 9.55. The van der Waals surface area contributed by atoms with Gasteiger partial charge in [-0.05, 0) is 29.8 Å². The Kier molecular flexibility index (Phi) is 7.96. The van der Waals surface area contributed by atoms with Crippen molar-refractivity contribution in [1.29, 1.82) is 0 Å². The topological polar surface area (TPSA) is 82.4 Å². The standard InChI is InChI=1S/C21H24FN5O3S/c1-26(13-15-4-5-18(30-3)17(22)12-15)19(28)14-31-21-25-24-20(27(21)10-11-29-2)16-6-8-23-9-7-16/h4-9,12H,10-11,13-14H2,1-3H3. The summed E-state index contributed by atoms with van der Waals surface area (Å²) >= 11 is 1.30. The van der Waals surface area contributed by atoms with Crippen molar-refractivity contribution in [2.45, 2.75) is 18.2 Å². The summed E-state index contributed by atoms with van der Waals surface area (Å²) in [4.78, 5) is 18.2. The fourth-order valence-electron chi connectivity index (χ4n) is 2.90. The van der Waals surface area contributed by atoms with E-state index in [1.807, 2.05) is 16.7 Å². The van der Waals surface area contributed by atoms with E-state index in [1.54, 1.807) is 43.6 Å². The van der Waals surface area contributed by atoms with Crippen molar-refractivity contribution in [3.05, 3.63) is 54.1 Å². The Labute approximate surface area is 184 Å². The van der Waals surface area contributed by atoms with Crippen LogP contribution in [0.1, 0.15) is 5.56 Å². The number of benzene rings is 1. The zero-order valence-corrected chi connectivity index (χ0v) is 18.4. The molecule has 0 atom stereocenters. The van der Waals surface area contributed by atoms with Gasteiger partial charge in [0.1, 0.15) is 0 Å². The molecule has 8 nitrogen and oxygen atoms in total. The predicted molar refractivity (Wildman–Crippen MR) is 115 cm³/mol. The second-order valence-corrected chi connectivity index (χ2v) is 7.64. The lowest BCUT2D eigenvalue weighted by Crippen LogP contribution is -2.28. The lowest BCUT2D eigenvalue weighted by molar-refractivity contribution is -0.127. The van der Waals surface area contributed by atoms with E-state index in [9.17, 15) is 9.18 Å². The number of carbonyl (C=O) groups excluding carboxylic acids is 1. The molecule has 164 valence electrons. The van der Waals surface area contributed by atoms with E-state index in [0.717, 1.165) is 5.56 Å². The summed E-state index contributed by atoms with van der Waals surface area (Å²) in [5, 5.41) is 9.17. The first-order chi connectivity index (χ1) is 15.0. The van der Waals surface area contributed by atoms with Crippen LogP contribution in [-0.2, 0) is 22.6 Å². The van der Waals surface area contributed by atoms with E-state index in [1.165, 1.54) is 24.9 Å². The number of thioether (sulfide) groups is 1. The number of hydrogen-bond acceptors (Lipinski definition) is 7. The van der Waals surface area contributed by atoms with Crippen molar-refractivity contribution in [2.75, 3.05) is 33.6 Å². The van der Waals surface area contributed by atoms with E-state index in [0.29, 0.717) is 36.2 Å². The Morgan fingerprint density at radius 3 is 2.65 bits per heavy atom. The summed E-state index contributed by atoms with van der Waals surface area (Å²) < 4.78 is 26.0. The Morgan fingerprint density at radius 1 is 1.19 bits per heavy atom. The summed E-state index contributed by atoms with van der Waals surface area (Å²) in [6.07, 6.45) is 3.38.